The fourth-order valence-corrected chi connectivity index (χ4v) is 6.14. The lowest BCUT2D eigenvalue weighted by molar-refractivity contribution is -0.210. The fraction of sp³-hybridized carbons (Fsp3) is 0.326. The summed E-state index contributed by atoms with van der Waals surface area (Å²) >= 11 is 12.8. The number of benzene rings is 4. The van der Waals surface area contributed by atoms with E-state index >= 15 is 0 Å². The molecule has 2 aromatic heterocycles. The molecular weight excluding hydrogens is 894 g/mol. The lowest BCUT2D eigenvalue weighted by Gasteiger charge is -2.26. The van der Waals surface area contributed by atoms with Gasteiger partial charge in [-0.15, -0.1) is 12.4 Å². The fourth-order valence-electron chi connectivity index (χ4n) is 5.73. The molecule has 2 N–H and O–H groups in total. The first-order valence-electron chi connectivity index (χ1n) is 20.0. The summed E-state index contributed by atoms with van der Waals surface area (Å²) in [7, 11) is 2.94. The number of ketones is 1. The van der Waals surface area contributed by atoms with Crippen LogP contribution in [0.25, 0.3) is 45.6 Å². The lowest BCUT2D eigenvalue weighted by Crippen LogP contribution is -2.39. The van der Waals surface area contributed by atoms with Crippen molar-refractivity contribution in [2.45, 2.75) is 66.1 Å². The number of halogens is 6. The smallest absolute Gasteiger partial charge is 0.400 e. The lowest BCUT2D eigenvalue weighted by atomic mass is 9.84. The monoisotopic (exact) mass is 941 g/mol. The van der Waals surface area contributed by atoms with Gasteiger partial charge >= 0.3 is 18.2 Å². The Labute approximate surface area is 386 Å². The van der Waals surface area contributed by atoms with Crippen molar-refractivity contribution in [1.29, 1.82) is 0 Å². The van der Waals surface area contributed by atoms with Gasteiger partial charge in [-0.25, -0.2) is 9.97 Å². The predicted octanol–water partition coefficient (Wildman–Crippen LogP) is 11.3. The number of carbonyl (C=O) groups excluding carboxylic acids is 1. The number of nitrogens with zero attached hydrogens (tertiary/aromatic N) is 6. The van der Waals surface area contributed by atoms with Crippen LogP contribution in [0.1, 0.15) is 58.1 Å². The van der Waals surface area contributed by atoms with Crippen LogP contribution in [-0.2, 0) is 17.8 Å². The van der Waals surface area contributed by atoms with E-state index in [-0.39, 0.29) is 43.1 Å². The Bertz CT molecular complexity index is 2480. The van der Waals surface area contributed by atoms with Crippen molar-refractivity contribution in [1.82, 2.24) is 29.9 Å². The highest BCUT2D eigenvalue weighted by molar-refractivity contribution is 6.33. The van der Waals surface area contributed by atoms with E-state index in [2.05, 4.69) is 36.8 Å². The third kappa shape index (κ3) is 13.2. The topological polar surface area (TPSA) is 157 Å². The second-order valence-electron chi connectivity index (χ2n) is 14.6. The maximum Gasteiger partial charge on any atom is 0.400 e. The molecule has 0 fully saturated rings. The SMILES string of the molecule is CCCOc1ccc(-c2nc(OC)nc(-c3cc(CCC(=O)C(C)(C)C(F)(F)F)ccc3Cl)n2)cc1.CCCOc1ccc(-c2nc(OC)nc(-c3cc(CN)ccc3Cl)n2)cc1.Cl. The molecule has 0 unspecified atom stereocenters. The highest BCUT2D eigenvalue weighted by Crippen LogP contribution is 2.39. The van der Waals surface area contributed by atoms with Crippen molar-refractivity contribution in [3.63, 3.8) is 0 Å². The molecule has 0 saturated carbocycles. The van der Waals surface area contributed by atoms with Gasteiger partial charge in [0.05, 0.1) is 37.5 Å². The Morgan fingerprint density at radius 3 is 1.42 bits per heavy atom. The van der Waals surface area contributed by atoms with E-state index in [1.807, 2.05) is 67.6 Å². The molecule has 64 heavy (non-hydrogen) atoms. The molecule has 0 spiro atoms. The quantitative estimate of drug-likeness (QED) is 0.0924. The van der Waals surface area contributed by atoms with E-state index in [9.17, 15) is 18.0 Å². The molecule has 4 aromatic carbocycles. The molecule has 0 atom stereocenters. The van der Waals surface area contributed by atoms with E-state index in [4.69, 9.17) is 47.9 Å². The van der Waals surface area contributed by atoms with Crippen molar-refractivity contribution in [3.05, 3.63) is 106 Å². The molecule has 0 aliphatic carbocycles. The van der Waals surface area contributed by atoms with E-state index < -0.39 is 17.4 Å². The molecule has 6 rings (SSSR count). The van der Waals surface area contributed by atoms with Crippen LogP contribution in [0.5, 0.6) is 23.5 Å². The molecule has 6 aromatic rings. The van der Waals surface area contributed by atoms with Crippen molar-refractivity contribution in [3.8, 4) is 69.1 Å². The number of aromatic nitrogens is 6. The summed E-state index contributed by atoms with van der Waals surface area (Å²) in [5.74, 6) is 2.15. The number of hydrogen-bond donors (Lipinski definition) is 1. The van der Waals surface area contributed by atoms with Crippen molar-refractivity contribution in [2.75, 3.05) is 27.4 Å². The molecule has 0 bridgehead atoms. The first-order chi connectivity index (χ1) is 30.1. The third-order valence-corrected chi connectivity index (χ3v) is 10.3. The zero-order chi connectivity index (χ0) is 45.7. The van der Waals surface area contributed by atoms with Gasteiger partial charge in [-0.2, -0.15) is 33.1 Å². The van der Waals surface area contributed by atoms with E-state index in [1.165, 1.54) is 14.2 Å². The second-order valence-corrected chi connectivity index (χ2v) is 15.4. The molecule has 18 heteroatoms. The van der Waals surface area contributed by atoms with E-state index in [0.717, 1.165) is 49.3 Å². The Hall–Kier alpha value is -5.61. The van der Waals surface area contributed by atoms with Gasteiger partial charge < -0.3 is 24.7 Å². The van der Waals surface area contributed by atoms with Gasteiger partial charge in [0.25, 0.3) is 0 Å². The maximum atomic E-state index is 13.2. The number of rotatable bonds is 17. The summed E-state index contributed by atoms with van der Waals surface area (Å²) < 4.78 is 61.3. The number of aryl methyl sites for hydroxylation is 1. The summed E-state index contributed by atoms with van der Waals surface area (Å²) in [5, 5.41) is 0.873. The van der Waals surface area contributed by atoms with Crippen LogP contribution in [0.15, 0.2) is 84.9 Å². The number of alkyl halides is 3. The predicted molar refractivity (Wildman–Crippen MR) is 244 cm³/mol. The van der Waals surface area contributed by atoms with Crippen molar-refractivity contribution >= 4 is 41.4 Å². The number of ether oxygens (including phenoxy) is 4. The molecule has 2 heterocycles. The average Bonchev–Trinajstić information content (AvgIpc) is 3.29. The third-order valence-electron chi connectivity index (χ3n) is 9.59. The standard InChI is InChI=1S/C26H27ClF3N3O3.C20H21ClN4O2.ClH/c1-5-14-36-18-10-8-17(9-11-18)22-31-23(33-24(32-22)35-4)19-15-16(6-12-20(19)27)7-13-21(34)25(2,3)26(28,29)30;1-3-10-27-15-7-5-14(6-8-15)18-23-19(25-20(24-18)26-2)16-11-13(12-22)4-9-17(16)21;/h6,8-12,15H,5,7,13-14H2,1-4H3;4-9,11H,3,10,12,22H2,1-2H3;1H. The van der Waals surface area contributed by atoms with Crippen LogP contribution in [0.3, 0.4) is 0 Å². The molecular formula is C46H49Cl3F3N7O5. The largest absolute Gasteiger partial charge is 0.494 e. The van der Waals surface area contributed by atoms with E-state index in [1.54, 1.807) is 24.3 Å². The highest BCUT2D eigenvalue weighted by Gasteiger charge is 2.51. The van der Waals surface area contributed by atoms with Crippen molar-refractivity contribution < 1.29 is 36.9 Å². The summed E-state index contributed by atoms with van der Waals surface area (Å²) in [4.78, 5) is 38.7. The summed E-state index contributed by atoms with van der Waals surface area (Å²) in [5.41, 5.74) is 7.54. The minimum absolute atomic E-state index is 0. The number of Topliss-reactive ketones (excluding diaryl/α,β-unsaturated/α-hetero) is 1. The molecule has 0 saturated heterocycles. The Morgan fingerprint density at radius 2 is 1.03 bits per heavy atom. The maximum absolute atomic E-state index is 13.2. The van der Waals surface area contributed by atoms with Crippen LogP contribution in [0.2, 0.25) is 10.0 Å². The number of carbonyl (C=O) groups is 1. The molecule has 0 aliphatic rings. The van der Waals surface area contributed by atoms with Gasteiger partial charge in [-0.3, -0.25) is 4.79 Å². The minimum atomic E-state index is -4.62. The van der Waals surface area contributed by atoms with Gasteiger partial charge in [0, 0.05) is 35.2 Å². The van der Waals surface area contributed by atoms with Crippen LogP contribution in [0, 0.1) is 5.41 Å². The first kappa shape index (κ1) is 51.0. The van der Waals surface area contributed by atoms with E-state index in [0.29, 0.717) is 69.5 Å². The van der Waals surface area contributed by atoms with Gasteiger partial charge in [0.2, 0.25) is 0 Å². The van der Waals surface area contributed by atoms with Crippen LogP contribution < -0.4 is 24.7 Å². The number of nitrogens with two attached hydrogens (primary N) is 1. The number of hydrogen-bond acceptors (Lipinski definition) is 12. The average molecular weight is 943 g/mol. The second kappa shape index (κ2) is 23.4. The normalized spacial score (nSPS) is 11.2. The van der Waals surface area contributed by atoms with Crippen LogP contribution in [-0.4, -0.2) is 69.3 Å². The van der Waals surface area contributed by atoms with Crippen LogP contribution in [0.4, 0.5) is 13.2 Å². The van der Waals surface area contributed by atoms with Gasteiger partial charge in [-0.05, 0) is 117 Å². The minimum Gasteiger partial charge on any atom is -0.494 e. The van der Waals surface area contributed by atoms with Gasteiger partial charge in [0.15, 0.2) is 23.3 Å². The van der Waals surface area contributed by atoms with Crippen molar-refractivity contribution in [2.24, 2.45) is 11.1 Å². The zero-order valence-corrected chi connectivity index (χ0v) is 38.5. The van der Waals surface area contributed by atoms with Crippen LogP contribution >= 0.6 is 35.6 Å². The summed E-state index contributed by atoms with van der Waals surface area (Å²) in [6.07, 6.45) is -2.93. The molecule has 340 valence electrons. The number of methoxy groups -OCH3 is 2. The molecule has 0 radical (unpaired) electrons. The summed E-state index contributed by atoms with van der Waals surface area (Å²) in [6.45, 7) is 7.56. The zero-order valence-electron chi connectivity index (χ0n) is 36.1. The van der Waals surface area contributed by atoms with Gasteiger partial charge in [-0.1, -0.05) is 49.2 Å². The molecule has 0 aliphatic heterocycles. The highest BCUT2D eigenvalue weighted by atomic mass is 35.5. The Morgan fingerprint density at radius 1 is 0.625 bits per heavy atom. The molecule has 12 nitrogen and oxygen atoms in total. The first-order valence-corrected chi connectivity index (χ1v) is 20.8. The summed E-state index contributed by atoms with van der Waals surface area (Å²) in [6, 6.07) is 25.6. The molecule has 0 amide bonds. The Balaban J connectivity index is 0.000000287. The van der Waals surface area contributed by atoms with Gasteiger partial charge in [0.1, 0.15) is 22.7 Å². The Kier molecular flexibility index (Phi) is 18.6.